The van der Waals surface area contributed by atoms with Crippen molar-refractivity contribution in [2.45, 2.75) is 0 Å². The van der Waals surface area contributed by atoms with Gasteiger partial charge in [0, 0.05) is 44.7 Å². The summed E-state index contributed by atoms with van der Waals surface area (Å²) in [4.78, 5) is 2.47. The van der Waals surface area contributed by atoms with E-state index in [0.717, 1.165) is 55.9 Å². The van der Waals surface area contributed by atoms with Crippen LogP contribution in [0.15, 0.2) is 30.5 Å². The molecule has 0 unspecified atom stereocenters. The highest BCUT2D eigenvalue weighted by Crippen LogP contribution is 2.19. The van der Waals surface area contributed by atoms with Crippen LogP contribution in [0.1, 0.15) is 0 Å². The number of hydrogen-bond acceptors (Lipinski definition) is 5. The Hall–Kier alpha value is -1.72. The van der Waals surface area contributed by atoms with Gasteiger partial charge in [-0.25, -0.2) is 0 Å². The fourth-order valence-electron chi connectivity index (χ4n) is 2.43. The molecule has 2 aromatic rings. The third-order valence-corrected chi connectivity index (χ3v) is 3.50. The first-order valence-electron chi connectivity index (χ1n) is 6.81. The van der Waals surface area contributed by atoms with Gasteiger partial charge in [0.25, 0.3) is 0 Å². The number of benzene rings is 1. The lowest BCUT2D eigenvalue weighted by Gasteiger charge is -2.27. The van der Waals surface area contributed by atoms with Crippen molar-refractivity contribution >= 4 is 16.6 Å². The van der Waals surface area contributed by atoms with Crippen LogP contribution in [0.25, 0.3) is 10.9 Å². The number of fused-ring (bicyclic) bond motifs is 1. The summed E-state index contributed by atoms with van der Waals surface area (Å²) in [6, 6.07) is 8.09. The van der Waals surface area contributed by atoms with Crippen LogP contribution < -0.4 is 10.6 Å². The van der Waals surface area contributed by atoms with Crippen LogP contribution in [0.4, 0.5) is 5.69 Å². The van der Waals surface area contributed by atoms with Gasteiger partial charge >= 0.3 is 0 Å². The van der Waals surface area contributed by atoms with Crippen molar-refractivity contribution in [2.75, 3.05) is 44.6 Å². The molecule has 100 valence electrons. The fraction of sp³-hybridized carbons (Fsp3) is 0.429. The Morgan fingerprint density at radius 3 is 2.95 bits per heavy atom. The van der Waals surface area contributed by atoms with E-state index < -0.39 is 0 Å². The lowest BCUT2D eigenvalue weighted by atomic mass is 10.2. The molecule has 2 heterocycles. The molecule has 2 N–H and O–H groups in total. The average molecular weight is 257 g/mol. The molecule has 3 rings (SSSR count). The Labute approximate surface area is 113 Å². The minimum Gasteiger partial charge on any atom is -0.382 e. The monoisotopic (exact) mass is 257 g/mol. The highest BCUT2D eigenvalue weighted by molar-refractivity contribution is 5.90. The zero-order valence-electron chi connectivity index (χ0n) is 11.0. The summed E-state index contributed by atoms with van der Waals surface area (Å²) in [5.74, 6) is 0. The van der Waals surface area contributed by atoms with Crippen LogP contribution in [0.3, 0.4) is 0 Å². The summed E-state index contributed by atoms with van der Waals surface area (Å²) in [6.07, 6.45) is 1.81. The lowest BCUT2D eigenvalue weighted by Crippen LogP contribution is -2.45. The van der Waals surface area contributed by atoms with E-state index in [2.05, 4.69) is 31.8 Å². The second-order valence-corrected chi connectivity index (χ2v) is 4.79. The Morgan fingerprint density at radius 2 is 2.05 bits per heavy atom. The van der Waals surface area contributed by atoms with Crippen LogP contribution in [-0.2, 0) is 0 Å². The predicted molar refractivity (Wildman–Crippen MR) is 77.3 cm³/mol. The fourth-order valence-corrected chi connectivity index (χ4v) is 2.43. The van der Waals surface area contributed by atoms with Crippen LogP contribution in [0, 0.1) is 0 Å². The van der Waals surface area contributed by atoms with Crippen molar-refractivity contribution in [1.29, 1.82) is 0 Å². The Bertz CT molecular complexity index is 531. The number of aromatic nitrogens is 2. The van der Waals surface area contributed by atoms with Gasteiger partial charge in [-0.1, -0.05) is 18.2 Å². The first-order chi connectivity index (χ1) is 9.43. The van der Waals surface area contributed by atoms with Crippen molar-refractivity contribution in [3.8, 4) is 0 Å². The van der Waals surface area contributed by atoms with E-state index in [1.54, 1.807) is 6.20 Å². The van der Waals surface area contributed by atoms with Gasteiger partial charge in [0.15, 0.2) is 0 Å². The van der Waals surface area contributed by atoms with Gasteiger partial charge in [0.1, 0.15) is 0 Å². The zero-order chi connectivity index (χ0) is 12.9. The minimum atomic E-state index is 0.940. The van der Waals surface area contributed by atoms with Gasteiger partial charge in [-0.05, 0) is 6.07 Å². The Morgan fingerprint density at radius 1 is 1.21 bits per heavy atom. The quantitative estimate of drug-likeness (QED) is 0.854. The van der Waals surface area contributed by atoms with E-state index in [4.69, 9.17) is 0 Å². The molecular weight excluding hydrogens is 238 g/mol. The minimum absolute atomic E-state index is 0.940. The molecule has 0 aliphatic carbocycles. The van der Waals surface area contributed by atoms with Crippen molar-refractivity contribution in [1.82, 2.24) is 20.4 Å². The normalized spacial score (nSPS) is 16.6. The van der Waals surface area contributed by atoms with E-state index in [1.165, 1.54) is 0 Å². The number of piperazine rings is 1. The Balaban J connectivity index is 1.62. The number of nitrogens with zero attached hydrogens (tertiary/aromatic N) is 3. The highest BCUT2D eigenvalue weighted by atomic mass is 15.2. The number of rotatable bonds is 4. The molecule has 0 saturated carbocycles. The third kappa shape index (κ3) is 3.00. The summed E-state index contributed by atoms with van der Waals surface area (Å²) >= 11 is 0. The van der Waals surface area contributed by atoms with Gasteiger partial charge in [-0.2, -0.15) is 10.2 Å². The summed E-state index contributed by atoms with van der Waals surface area (Å²) in [5, 5.41) is 16.1. The largest absolute Gasteiger partial charge is 0.382 e. The summed E-state index contributed by atoms with van der Waals surface area (Å²) in [6.45, 7) is 6.47. The number of nitrogens with one attached hydrogen (secondary N) is 2. The molecular formula is C14H19N5. The molecule has 0 radical (unpaired) electrons. The van der Waals surface area contributed by atoms with Crippen LogP contribution >= 0.6 is 0 Å². The molecule has 19 heavy (non-hydrogen) atoms. The number of anilines is 1. The van der Waals surface area contributed by atoms with Gasteiger partial charge < -0.3 is 10.6 Å². The molecule has 0 bridgehead atoms. The second-order valence-electron chi connectivity index (χ2n) is 4.79. The molecule has 1 fully saturated rings. The van der Waals surface area contributed by atoms with Gasteiger partial charge in [0.05, 0.1) is 17.4 Å². The maximum Gasteiger partial charge on any atom is 0.0950 e. The SMILES string of the molecule is c1ccc2c(NCCN3CCNCC3)cnnc2c1. The van der Waals surface area contributed by atoms with Crippen molar-refractivity contribution in [3.05, 3.63) is 30.5 Å². The van der Waals surface area contributed by atoms with Gasteiger partial charge in [0.2, 0.25) is 0 Å². The maximum absolute atomic E-state index is 4.13. The molecule has 1 aliphatic rings. The van der Waals surface area contributed by atoms with E-state index in [-0.39, 0.29) is 0 Å². The standard InChI is InChI=1S/C14H19N5/c1-2-4-13-12(3-1)14(11-17-18-13)16-7-10-19-8-5-15-6-9-19/h1-4,11,15H,5-10H2,(H,16,18). The molecule has 1 aliphatic heterocycles. The van der Waals surface area contributed by atoms with Crippen molar-refractivity contribution < 1.29 is 0 Å². The molecule has 1 aromatic heterocycles. The average Bonchev–Trinajstić information content (AvgIpc) is 2.49. The lowest BCUT2D eigenvalue weighted by molar-refractivity contribution is 0.249. The van der Waals surface area contributed by atoms with E-state index in [0.29, 0.717) is 0 Å². The maximum atomic E-state index is 4.13. The van der Waals surface area contributed by atoms with Gasteiger partial charge in [-0.3, -0.25) is 4.90 Å². The molecule has 0 atom stereocenters. The molecule has 0 amide bonds. The second kappa shape index (κ2) is 5.95. The zero-order valence-corrected chi connectivity index (χ0v) is 11.0. The highest BCUT2D eigenvalue weighted by Gasteiger charge is 2.08. The topological polar surface area (TPSA) is 53.1 Å². The van der Waals surface area contributed by atoms with Crippen LogP contribution in [-0.4, -0.2) is 54.4 Å². The molecule has 1 saturated heterocycles. The first kappa shape index (κ1) is 12.3. The third-order valence-electron chi connectivity index (χ3n) is 3.50. The summed E-state index contributed by atoms with van der Waals surface area (Å²) < 4.78 is 0. The van der Waals surface area contributed by atoms with Crippen molar-refractivity contribution in [2.24, 2.45) is 0 Å². The van der Waals surface area contributed by atoms with E-state index in [9.17, 15) is 0 Å². The molecule has 0 spiro atoms. The van der Waals surface area contributed by atoms with E-state index >= 15 is 0 Å². The van der Waals surface area contributed by atoms with Crippen molar-refractivity contribution in [3.63, 3.8) is 0 Å². The van der Waals surface area contributed by atoms with Gasteiger partial charge in [-0.15, -0.1) is 0 Å². The summed E-state index contributed by atoms with van der Waals surface area (Å²) in [5.41, 5.74) is 2.01. The van der Waals surface area contributed by atoms with E-state index in [1.807, 2.05) is 18.2 Å². The molecule has 5 heteroatoms. The summed E-state index contributed by atoms with van der Waals surface area (Å²) in [7, 11) is 0. The molecule has 5 nitrogen and oxygen atoms in total. The molecule has 1 aromatic carbocycles. The predicted octanol–water partition coefficient (Wildman–Crippen LogP) is 0.947. The smallest absolute Gasteiger partial charge is 0.0950 e. The van der Waals surface area contributed by atoms with Crippen LogP contribution in [0.2, 0.25) is 0 Å². The first-order valence-corrected chi connectivity index (χ1v) is 6.81. The van der Waals surface area contributed by atoms with Crippen LogP contribution in [0.5, 0.6) is 0 Å². The number of hydrogen-bond donors (Lipinski definition) is 2. The Kier molecular flexibility index (Phi) is 3.86.